The van der Waals surface area contributed by atoms with Gasteiger partial charge >= 0.3 is 12.0 Å². The standard InChI is InChI=1S/C13H21N3O3S/c1-3-10-7-14-11(20-10)8-15-13(19)16-9(2)5-4-6-12(17)18/h7,9H,3-6,8H2,1-2H3,(H,17,18)(H2,15,16,19). The van der Waals surface area contributed by atoms with Crippen LogP contribution in [-0.2, 0) is 17.8 Å². The van der Waals surface area contributed by atoms with E-state index in [1.54, 1.807) is 11.3 Å². The molecule has 0 fully saturated rings. The van der Waals surface area contributed by atoms with Crippen LogP contribution in [-0.4, -0.2) is 28.1 Å². The Hall–Kier alpha value is -1.63. The number of nitrogens with zero attached hydrogens (tertiary/aromatic N) is 1. The summed E-state index contributed by atoms with van der Waals surface area (Å²) in [4.78, 5) is 27.4. The summed E-state index contributed by atoms with van der Waals surface area (Å²) in [6, 6.07) is -0.294. The number of carbonyl (C=O) groups excluding carboxylic acids is 1. The number of aryl methyl sites for hydroxylation is 1. The van der Waals surface area contributed by atoms with Gasteiger partial charge in [-0.3, -0.25) is 4.79 Å². The molecule has 0 radical (unpaired) electrons. The summed E-state index contributed by atoms with van der Waals surface area (Å²) in [5, 5.41) is 14.9. The van der Waals surface area contributed by atoms with E-state index in [2.05, 4.69) is 22.5 Å². The zero-order valence-electron chi connectivity index (χ0n) is 11.8. The summed E-state index contributed by atoms with van der Waals surface area (Å²) in [7, 11) is 0. The molecule has 0 bridgehead atoms. The zero-order valence-corrected chi connectivity index (χ0v) is 12.6. The van der Waals surface area contributed by atoms with Gasteiger partial charge in [0, 0.05) is 23.5 Å². The first-order chi connectivity index (χ1) is 9.51. The highest BCUT2D eigenvalue weighted by molar-refractivity contribution is 7.11. The van der Waals surface area contributed by atoms with E-state index < -0.39 is 5.97 Å². The minimum Gasteiger partial charge on any atom is -0.481 e. The molecule has 1 aromatic heterocycles. The molecule has 1 rings (SSSR count). The first-order valence-corrected chi connectivity index (χ1v) is 7.52. The van der Waals surface area contributed by atoms with Crippen LogP contribution < -0.4 is 10.6 Å². The topological polar surface area (TPSA) is 91.3 Å². The molecular weight excluding hydrogens is 278 g/mol. The van der Waals surface area contributed by atoms with Crippen molar-refractivity contribution >= 4 is 23.3 Å². The highest BCUT2D eigenvalue weighted by atomic mass is 32.1. The number of thiazole rings is 1. The molecule has 0 aromatic carbocycles. The van der Waals surface area contributed by atoms with E-state index in [9.17, 15) is 9.59 Å². The van der Waals surface area contributed by atoms with E-state index in [1.165, 1.54) is 4.88 Å². The predicted octanol–water partition coefficient (Wildman–Crippen LogP) is 2.15. The second kappa shape index (κ2) is 8.52. The SMILES string of the molecule is CCc1cnc(CNC(=O)NC(C)CCCC(=O)O)s1. The molecule has 112 valence electrons. The fourth-order valence-electron chi connectivity index (χ4n) is 1.66. The Bertz CT molecular complexity index is 448. The first-order valence-electron chi connectivity index (χ1n) is 6.71. The van der Waals surface area contributed by atoms with Gasteiger partial charge in [0.2, 0.25) is 0 Å². The molecule has 1 heterocycles. The largest absolute Gasteiger partial charge is 0.481 e. The summed E-state index contributed by atoms with van der Waals surface area (Å²) >= 11 is 1.59. The van der Waals surface area contributed by atoms with Crippen LogP contribution in [0, 0.1) is 0 Å². The number of urea groups is 1. The lowest BCUT2D eigenvalue weighted by atomic mass is 10.1. The molecule has 3 N–H and O–H groups in total. The average molecular weight is 299 g/mol. The summed E-state index contributed by atoms with van der Waals surface area (Å²) in [6.07, 6.45) is 4.12. The quantitative estimate of drug-likeness (QED) is 0.686. The van der Waals surface area contributed by atoms with E-state index in [0.29, 0.717) is 19.4 Å². The molecule has 20 heavy (non-hydrogen) atoms. The minimum absolute atomic E-state index is 0.0446. The fourth-order valence-corrected chi connectivity index (χ4v) is 2.46. The van der Waals surface area contributed by atoms with Crippen LogP contribution in [0.4, 0.5) is 4.79 Å². The fraction of sp³-hybridized carbons (Fsp3) is 0.615. The van der Waals surface area contributed by atoms with Crippen LogP contribution in [0.2, 0.25) is 0 Å². The van der Waals surface area contributed by atoms with Crippen LogP contribution >= 0.6 is 11.3 Å². The van der Waals surface area contributed by atoms with Crippen LogP contribution in [0.5, 0.6) is 0 Å². The predicted molar refractivity (Wildman–Crippen MR) is 77.8 cm³/mol. The Balaban J connectivity index is 2.20. The molecule has 6 nitrogen and oxygen atoms in total. The van der Waals surface area contributed by atoms with Crippen LogP contribution in [0.3, 0.4) is 0 Å². The van der Waals surface area contributed by atoms with Crippen molar-refractivity contribution in [1.82, 2.24) is 15.6 Å². The van der Waals surface area contributed by atoms with Crippen LogP contribution in [0.25, 0.3) is 0 Å². The van der Waals surface area contributed by atoms with Gasteiger partial charge in [0.25, 0.3) is 0 Å². The first kappa shape index (κ1) is 16.4. The number of hydrogen-bond donors (Lipinski definition) is 3. The van der Waals surface area contributed by atoms with Gasteiger partial charge in [-0.1, -0.05) is 6.92 Å². The molecule has 0 aliphatic heterocycles. The zero-order chi connectivity index (χ0) is 15.0. The van der Waals surface area contributed by atoms with Gasteiger partial charge in [0.05, 0.1) is 6.54 Å². The molecule has 1 unspecified atom stereocenters. The molecule has 0 saturated heterocycles. The van der Waals surface area contributed by atoms with Gasteiger partial charge in [-0.05, 0) is 26.2 Å². The molecule has 0 spiro atoms. The lowest BCUT2D eigenvalue weighted by molar-refractivity contribution is -0.137. The molecule has 1 atom stereocenters. The Morgan fingerprint density at radius 2 is 2.25 bits per heavy atom. The number of rotatable bonds is 8. The number of amides is 2. The highest BCUT2D eigenvalue weighted by Gasteiger charge is 2.08. The molecule has 1 aromatic rings. The third kappa shape index (κ3) is 6.51. The van der Waals surface area contributed by atoms with Crippen LogP contribution in [0.15, 0.2) is 6.20 Å². The van der Waals surface area contributed by atoms with E-state index in [1.807, 2.05) is 13.1 Å². The lowest BCUT2D eigenvalue weighted by Crippen LogP contribution is -2.40. The number of carboxylic acids is 1. The lowest BCUT2D eigenvalue weighted by Gasteiger charge is -2.13. The summed E-state index contributed by atoms with van der Waals surface area (Å²) < 4.78 is 0. The number of nitrogens with one attached hydrogen (secondary N) is 2. The Labute approximate surface area is 122 Å². The van der Waals surface area contributed by atoms with Gasteiger partial charge in [0.15, 0.2) is 0 Å². The maximum atomic E-state index is 11.6. The van der Waals surface area contributed by atoms with Crippen molar-refractivity contribution in [2.75, 3.05) is 0 Å². The molecule has 0 aliphatic carbocycles. The van der Waals surface area contributed by atoms with Gasteiger partial charge < -0.3 is 15.7 Å². The summed E-state index contributed by atoms with van der Waals surface area (Å²) in [5.74, 6) is -0.808. The van der Waals surface area contributed by atoms with Crippen molar-refractivity contribution in [3.63, 3.8) is 0 Å². The molecule has 7 heteroatoms. The van der Waals surface area contributed by atoms with E-state index >= 15 is 0 Å². The highest BCUT2D eigenvalue weighted by Crippen LogP contribution is 2.12. The van der Waals surface area contributed by atoms with Crippen LogP contribution in [0.1, 0.15) is 43.0 Å². The minimum atomic E-state index is -0.808. The van der Waals surface area contributed by atoms with Crippen molar-refractivity contribution in [2.24, 2.45) is 0 Å². The second-order valence-corrected chi connectivity index (χ2v) is 5.79. The van der Waals surface area contributed by atoms with Gasteiger partial charge in [-0.25, -0.2) is 9.78 Å². The summed E-state index contributed by atoms with van der Waals surface area (Å²) in [5.41, 5.74) is 0. The van der Waals surface area contributed by atoms with Gasteiger partial charge in [-0.15, -0.1) is 11.3 Å². The van der Waals surface area contributed by atoms with E-state index in [-0.39, 0.29) is 18.5 Å². The van der Waals surface area contributed by atoms with E-state index in [0.717, 1.165) is 11.4 Å². The number of aromatic nitrogens is 1. The number of carbonyl (C=O) groups is 2. The second-order valence-electron chi connectivity index (χ2n) is 4.59. The summed E-state index contributed by atoms with van der Waals surface area (Å²) in [6.45, 7) is 4.34. The van der Waals surface area contributed by atoms with Crippen molar-refractivity contribution < 1.29 is 14.7 Å². The maximum Gasteiger partial charge on any atom is 0.315 e. The Morgan fingerprint density at radius 3 is 2.85 bits per heavy atom. The number of carboxylic acid groups (broad SMARTS) is 1. The molecule has 2 amide bonds. The third-order valence-corrected chi connectivity index (χ3v) is 3.90. The smallest absolute Gasteiger partial charge is 0.315 e. The van der Waals surface area contributed by atoms with Gasteiger partial charge in [-0.2, -0.15) is 0 Å². The monoisotopic (exact) mass is 299 g/mol. The maximum absolute atomic E-state index is 11.6. The Morgan fingerprint density at radius 1 is 1.50 bits per heavy atom. The molecular formula is C13H21N3O3S. The van der Waals surface area contributed by atoms with Gasteiger partial charge in [0.1, 0.15) is 5.01 Å². The van der Waals surface area contributed by atoms with Crippen molar-refractivity contribution in [2.45, 2.75) is 52.1 Å². The van der Waals surface area contributed by atoms with Crippen molar-refractivity contribution in [3.8, 4) is 0 Å². The van der Waals surface area contributed by atoms with E-state index in [4.69, 9.17) is 5.11 Å². The van der Waals surface area contributed by atoms with Crippen molar-refractivity contribution in [1.29, 1.82) is 0 Å². The average Bonchev–Trinajstić information content (AvgIpc) is 2.83. The number of aliphatic carboxylic acids is 1. The third-order valence-electron chi connectivity index (χ3n) is 2.76. The van der Waals surface area contributed by atoms with Crippen molar-refractivity contribution in [3.05, 3.63) is 16.1 Å². The molecule has 0 aliphatic rings. The molecule has 0 saturated carbocycles. The normalized spacial score (nSPS) is 11.9. The number of hydrogen-bond acceptors (Lipinski definition) is 4. The Kier molecular flexibility index (Phi) is 7.00.